The average molecular weight is 226 g/mol. The highest BCUT2D eigenvalue weighted by Crippen LogP contribution is 2.16. The summed E-state index contributed by atoms with van der Waals surface area (Å²) in [4.78, 5) is 2.10. The van der Waals surface area contributed by atoms with Gasteiger partial charge in [-0.15, -0.1) is 0 Å². The van der Waals surface area contributed by atoms with Crippen molar-refractivity contribution in [3.8, 4) is 0 Å². The fraction of sp³-hybridized carbons (Fsp3) is 0.500. The number of hydrogen-bond acceptors (Lipinski definition) is 2. The van der Waals surface area contributed by atoms with E-state index in [9.17, 15) is 8.78 Å². The van der Waals surface area contributed by atoms with Crippen LogP contribution in [0.3, 0.4) is 0 Å². The fourth-order valence-corrected chi connectivity index (χ4v) is 2.00. The summed E-state index contributed by atoms with van der Waals surface area (Å²) < 4.78 is 26.9. The minimum Gasteiger partial charge on any atom is -0.314 e. The lowest BCUT2D eigenvalue weighted by atomic mass is 10.1. The highest BCUT2D eigenvalue weighted by Gasteiger charge is 2.20. The number of piperazine rings is 1. The molecule has 88 valence electrons. The highest BCUT2D eigenvalue weighted by atomic mass is 19.1. The van der Waals surface area contributed by atoms with E-state index in [0.717, 1.165) is 19.6 Å². The molecule has 2 rings (SSSR count). The van der Waals surface area contributed by atoms with E-state index in [1.54, 1.807) is 0 Å². The number of nitrogens with zero attached hydrogens (tertiary/aromatic N) is 1. The van der Waals surface area contributed by atoms with Crippen LogP contribution in [-0.4, -0.2) is 30.6 Å². The van der Waals surface area contributed by atoms with Crippen molar-refractivity contribution in [1.82, 2.24) is 10.2 Å². The Morgan fingerprint density at radius 3 is 2.69 bits per heavy atom. The number of rotatable bonds is 2. The molecule has 0 bridgehead atoms. The van der Waals surface area contributed by atoms with Gasteiger partial charge in [-0.3, -0.25) is 4.90 Å². The van der Waals surface area contributed by atoms with E-state index >= 15 is 0 Å². The van der Waals surface area contributed by atoms with Gasteiger partial charge in [0.2, 0.25) is 0 Å². The van der Waals surface area contributed by atoms with Crippen LogP contribution in [-0.2, 0) is 6.54 Å². The summed E-state index contributed by atoms with van der Waals surface area (Å²) >= 11 is 0. The predicted octanol–water partition coefficient (Wildman–Crippen LogP) is 1.76. The maximum Gasteiger partial charge on any atom is 0.130 e. The monoisotopic (exact) mass is 226 g/mol. The van der Waals surface area contributed by atoms with Gasteiger partial charge in [0.1, 0.15) is 11.6 Å². The van der Waals surface area contributed by atoms with Gasteiger partial charge < -0.3 is 5.32 Å². The second-order valence-electron chi connectivity index (χ2n) is 4.22. The third kappa shape index (κ3) is 2.39. The molecule has 1 aromatic carbocycles. The molecule has 4 heteroatoms. The Morgan fingerprint density at radius 1 is 1.38 bits per heavy atom. The van der Waals surface area contributed by atoms with E-state index in [0.29, 0.717) is 12.6 Å². The van der Waals surface area contributed by atoms with Gasteiger partial charge in [-0.1, -0.05) is 6.07 Å². The highest BCUT2D eigenvalue weighted by molar-refractivity contribution is 5.19. The molecule has 2 nitrogen and oxygen atoms in total. The van der Waals surface area contributed by atoms with E-state index in [4.69, 9.17) is 0 Å². The van der Waals surface area contributed by atoms with E-state index in [1.165, 1.54) is 18.2 Å². The lowest BCUT2D eigenvalue weighted by molar-refractivity contribution is 0.161. The molecule has 1 unspecified atom stereocenters. The topological polar surface area (TPSA) is 15.3 Å². The Bertz CT molecular complexity index is 348. The smallest absolute Gasteiger partial charge is 0.130 e. The van der Waals surface area contributed by atoms with E-state index < -0.39 is 11.6 Å². The molecule has 0 spiro atoms. The van der Waals surface area contributed by atoms with Crippen LogP contribution in [0.5, 0.6) is 0 Å². The average Bonchev–Trinajstić information content (AvgIpc) is 2.26. The van der Waals surface area contributed by atoms with Crippen LogP contribution in [0, 0.1) is 11.6 Å². The summed E-state index contributed by atoms with van der Waals surface area (Å²) in [6.45, 7) is 4.98. The van der Waals surface area contributed by atoms with Crippen molar-refractivity contribution < 1.29 is 8.78 Å². The number of benzene rings is 1. The van der Waals surface area contributed by atoms with Gasteiger partial charge in [-0.05, 0) is 19.1 Å². The van der Waals surface area contributed by atoms with Crippen LogP contribution in [0.4, 0.5) is 8.78 Å². The molecular weight excluding hydrogens is 210 g/mol. The zero-order valence-electron chi connectivity index (χ0n) is 9.34. The van der Waals surface area contributed by atoms with Crippen molar-refractivity contribution >= 4 is 0 Å². The standard InChI is InChI=1S/C12H16F2N2/c1-9-7-15-5-6-16(9)8-10-11(13)3-2-4-12(10)14/h2-4,9,15H,5-8H2,1H3. The fourth-order valence-electron chi connectivity index (χ4n) is 2.00. The van der Waals surface area contributed by atoms with Gasteiger partial charge in [0.15, 0.2) is 0 Å². The Morgan fingerprint density at radius 2 is 2.06 bits per heavy atom. The molecule has 1 aliphatic rings. The lowest BCUT2D eigenvalue weighted by Gasteiger charge is -2.33. The first-order valence-corrected chi connectivity index (χ1v) is 5.56. The third-order valence-electron chi connectivity index (χ3n) is 3.06. The van der Waals surface area contributed by atoms with Gasteiger partial charge >= 0.3 is 0 Å². The summed E-state index contributed by atoms with van der Waals surface area (Å²) in [5.74, 6) is -0.906. The van der Waals surface area contributed by atoms with Crippen LogP contribution >= 0.6 is 0 Å². The molecular formula is C12H16F2N2. The summed E-state index contributed by atoms with van der Waals surface area (Å²) in [6, 6.07) is 4.33. The van der Waals surface area contributed by atoms with Gasteiger partial charge in [-0.2, -0.15) is 0 Å². The second-order valence-corrected chi connectivity index (χ2v) is 4.22. The Kier molecular flexibility index (Phi) is 3.51. The van der Waals surface area contributed by atoms with Crippen molar-refractivity contribution in [3.63, 3.8) is 0 Å². The van der Waals surface area contributed by atoms with Crippen molar-refractivity contribution in [1.29, 1.82) is 0 Å². The molecule has 1 atom stereocenters. The Hall–Kier alpha value is -1.00. The largest absolute Gasteiger partial charge is 0.314 e. The minimum absolute atomic E-state index is 0.177. The number of hydrogen-bond donors (Lipinski definition) is 1. The van der Waals surface area contributed by atoms with Crippen LogP contribution in [0.15, 0.2) is 18.2 Å². The van der Waals surface area contributed by atoms with E-state index in [2.05, 4.69) is 17.1 Å². The van der Waals surface area contributed by atoms with Gasteiger partial charge in [0, 0.05) is 37.8 Å². The summed E-state index contributed by atoms with van der Waals surface area (Å²) in [5.41, 5.74) is 0.177. The summed E-state index contributed by atoms with van der Waals surface area (Å²) in [5, 5.41) is 3.25. The Balaban J connectivity index is 2.13. The van der Waals surface area contributed by atoms with E-state index in [1.807, 2.05) is 0 Å². The van der Waals surface area contributed by atoms with Crippen molar-refractivity contribution in [2.24, 2.45) is 0 Å². The maximum atomic E-state index is 13.5. The molecule has 0 aromatic heterocycles. The third-order valence-corrected chi connectivity index (χ3v) is 3.06. The van der Waals surface area contributed by atoms with Crippen molar-refractivity contribution in [3.05, 3.63) is 35.4 Å². The number of halogens is 2. The first-order chi connectivity index (χ1) is 7.68. The maximum absolute atomic E-state index is 13.5. The molecule has 1 heterocycles. The first kappa shape index (κ1) is 11.5. The molecule has 1 aliphatic heterocycles. The zero-order valence-corrected chi connectivity index (χ0v) is 9.34. The normalized spacial score (nSPS) is 22.3. The molecule has 1 N–H and O–H groups in total. The molecule has 0 aliphatic carbocycles. The quantitative estimate of drug-likeness (QED) is 0.826. The van der Waals surface area contributed by atoms with Crippen LogP contribution in [0.25, 0.3) is 0 Å². The molecule has 16 heavy (non-hydrogen) atoms. The summed E-state index contributed by atoms with van der Waals surface area (Å²) in [6.07, 6.45) is 0. The Labute approximate surface area is 94.3 Å². The van der Waals surface area contributed by atoms with Gasteiger partial charge in [0.05, 0.1) is 0 Å². The van der Waals surface area contributed by atoms with Crippen LogP contribution in [0.2, 0.25) is 0 Å². The van der Waals surface area contributed by atoms with Crippen LogP contribution < -0.4 is 5.32 Å². The summed E-state index contributed by atoms with van der Waals surface area (Å²) in [7, 11) is 0. The molecule has 0 amide bonds. The molecule has 0 radical (unpaired) electrons. The molecule has 1 fully saturated rings. The molecule has 1 aromatic rings. The first-order valence-electron chi connectivity index (χ1n) is 5.56. The molecule has 0 saturated carbocycles. The minimum atomic E-state index is -0.453. The van der Waals surface area contributed by atoms with Crippen molar-refractivity contribution in [2.75, 3.05) is 19.6 Å². The lowest BCUT2D eigenvalue weighted by Crippen LogP contribution is -2.49. The molecule has 1 saturated heterocycles. The number of nitrogens with one attached hydrogen (secondary N) is 1. The van der Waals surface area contributed by atoms with Gasteiger partial charge in [-0.25, -0.2) is 8.78 Å². The predicted molar refractivity (Wildman–Crippen MR) is 59.1 cm³/mol. The zero-order chi connectivity index (χ0) is 11.5. The van der Waals surface area contributed by atoms with Gasteiger partial charge in [0.25, 0.3) is 0 Å². The van der Waals surface area contributed by atoms with Crippen molar-refractivity contribution in [2.45, 2.75) is 19.5 Å². The van der Waals surface area contributed by atoms with E-state index in [-0.39, 0.29) is 5.56 Å². The second kappa shape index (κ2) is 4.89. The SMILES string of the molecule is CC1CNCCN1Cc1c(F)cccc1F. The van der Waals surface area contributed by atoms with Crippen LogP contribution in [0.1, 0.15) is 12.5 Å².